The second kappa shape index (κ2) is 13.0. The number of aliphatic carboxylic acids is 2. The number of aliphatic hydroxyl groups excluding tert-OH is 1. The minimum absolute atomic E-state index is 0.000830. The Morgan fingerprint density at radius 1 is 0.930 bits per heavy atom. The van der Waals surface area contributed by atoms with E-state index in [2.05, 4.69) is 34.1 Å². The normalized spacial score (nSPS) is 22.7. The predicted octanol–water partition coefficient (Wildman–Crippen LogP) is 4.82. The number of H-pyrrole nitrogens is 2. The van der Waals surface area contributed by atoms with Gasteiger partial charge in [0.1, 0.15) is 0 Å². The van der Waals surface area contributed by atoms with Gasteiger partial charge < -0.3 is 35.9 Å². The van der Waals surface area contributed by atoms with Crippen molar-refractivity contribution in [2.75, 3.05) is 0 Å². The number of nitrogens with one attached hydrogen (secondary N) is 4. The van der Waals surface area contributed by atoms with Crippen LogP contribution >= 0.6 is 0 Å². The minimum Gasteiger partial charge on any atom is -0.495 e. The molecule has 232 valence electrons. The Hall–Kier alpha value is -4.21. The van der Waals surface area contributed by atoms with Gasteiger partial charge in [0.25, 0.3) is 0 Å². The molecule has 0 unspecified atom stereocenters. The number of carbonyl (C=O) groups is 3. The number of carboxylic acids is 2. The molecule has 0 saturated carbocycles. The molecule has 43 heavy (non-hydrogen) atoms. The Labute approximate surface area is 252 Å². The lowest BCUT2D eigenvalue weighted by Gasteiger charge is -2.17. The van der Waals surface area contributed by atoms with Crippen LogP contribution in [-0.4, -0.2) is 49.2 Å². The quantitative estimate of drug-likeness (QED) is 0.175. The van der Waals surface area contributed by atoms with Crippen LogP contribution in [0.2, 0.25) is 0 Å². The topological polar surface area (TPSA) is 168 Å². The maximum Gasteiger partial charge on any atom is 0.303 e. The first kappa shape index (κ1) is 31.7. The van der Waals surface area contributed by atoms with Crippen LogP contribution in [0.15, 0.2) is 29.8 Å². The highest BCUT2D eigenvalue weighted by Crippen LogP contribution is 2.34. The van der Waals surface area contributed by atoms with E-state index in [4.69, 9.17) is 0 Å². The third-order valence-electron chi connectivity index (χ3n) is 9.37. The van der Waals surface area contributed by atoms with Gasteiger partial charge in [0.15, 0.2) is 5.88 Å². The molecular formula is C33H44N4O6. The molecule has 0 radical (unpaired) electrons. The van der Waals surface area contributed by atoms with E-state index in [-0.39, 0.29) is 48.4 Å². The average Bonchev–Trinajstić information content (AvgIpc) is 3.59. The number of aromatic nitrogens is 2. The summed E-state index contributed by atoms with van der Waals surface area (Å²) in [5.41, 5.74) is 8.93. The van der Waals surface area contributed by atoms with Gasteiger partial charge in [-0.25, -0.2) is 0 Å². The van der Waals surface area contributed by atoms with Crippen LogP contribution in [-0.2, 0) is 40.1 Å². The maximum atomic E-state index is 12.4. The Morgan fingerprint density at radius 3 is 2.09 bits per heavy atom. The summed E-state index contributed by atoms with van der Waals surface area (Å²) in [6.07, 6.45) is 6.13. The number of allylic oxidation sites excluding steroid dienone is 2. The van der Waals surface area contributed by atoms with E-state index in [0.717, 1.165) is 62.7 Å². The lowest BCUT2D eigenvalue weighted by molar-refractivity contribution is -0.138. The average molecular weight is 593 g/mol. The highest BCUT2D eigenvalue weighted by molar-refractivity contribution is 5.86. The molecule has 2 aromatic rings. The van der Waals surface area contributed by atoms with Crippen molar-refractivity contribution in [3.8, 4) is 0 Å². The summed E-state index contributed by atoms with van der Waals surface area (Å²) in [5, 5.41) is 35.4. The first-order valence-electron chi connectivity index (χ1n) is 15.0. The molecule has 0 aliphatic carbocycles. The zero-order chi connectivity index (χ0) is 31.6. The van der Waals surface area contributed by atoms with Crippen LogP contribution in [0.4, 0.5) is 0 Å². The minimum atomic E-state index is -0.886. The van der Waals surface area contributed by atoms with Crippen LogP contribution in [0.3, 0.4) is 0 Å². The van der Waals surface area contributed by atoms with Gasteiger partial charge in [-0.05, 0) is 61.4 Å². The fraction of sp³-hybridized carbons (Fsp3) is 0.485. The fourth-order valence-corrected chi connectivity index (χ4v) is 6.67. The first-order chi connectivity index (χ1) is 20.4. The maximum absolute atomic E-state index is 12.4. The Kier molecular flexibility index (Phi) is 9.57. The number of carbonyl (C=O) groups excluding carboxylic acids is 1. The summed E-state index contributed by atoms with van der Waals surface area (Å²) in [7, 11) is 0. The zero-order valence-electron chi connectivity index (χ0n) is 25.7. The van der Waals surface area contributed by atoms with Crippen molar-refractivity contribution in [1.82, 2.24) is 20.6 Å². The van der Waals surface area contributed by atoms with E-state index in [1.165, 1.54) is 0 Å². The molecular weight excluding hydrogens is 548 g/mol. The third kappa shape index (κ3) is 6.58. The summed E-state index contributed by atoms with van der Waals surface area (Å²) in [6, 6.07) is -0.0573. The van der Waals surface area contributed by atoms with E-state index in [1.54, 1.807) is 6.08 Å². The molecule has 10 nitrogen and oxygen atoms in total. The standard InChI is InChI=1S/C33H44N4O6/c1-7-20-19(6)32(42)37-27(20)14-25-18(5)23(10-12-31(40)41)29(35-25)15-28-22(9-11-30(38)39)17(4)24(34-28)13-26-16(3)21(8-2)33(43)36-26/h8,14,16,19-20,26,34-36,43H,2,7,9-13,15H2,1,3-6H3,(H,37,42)(H,38,39)(H,40,41)/b27-14-/t16-,19-,20-,26-/m1/s1. The molecule has 4 rings (SSSR count). The van der Waals surface area contributed by atoms with Gasteiger partial charge in [0, 0.05) is 83.5 Å². The summed E-state index contributed by atoms with van der Waals surface area (Å²) in [5.74, 6) is -1.63. The summed E-state index contributed by atoms with van der Waals surface area (Å²) < 4.78 is 0. The molecule has 0 aromatic carbocycles. The second-order valence-electron chi connectivity index (χ2n) is 11.9. The second-order valence-corrected chi connectivity index (χ2v) is 11.9. The van der Waals surface area contributed by atoms with Crippen molar-refractivity contribution < 1.29 is 29.7 Å². The van der Waals surface area contributed by atoms with Crippen molar-refractivity contribution in [2.24, 2.45) is 17.8 Å². The molecule has 1 amide bonds. The number of aromatic amines is 2. The molecule has 2 aliphatic heterocycles. The van der Waals surface area contributed by atoms with Crippen molar-refractivity contribution >= 4 is 23.9 Å². The Morgan fingerprint density at radius 2 is 1.53 bits per heavy atom. The van der Waals surface area contributed by atoms with Crippen LogP contribution in [0.5, 0.6) is 0 Å². The molecule has 2 aromatic heterocycles. The van der Waals surface area contributed by atoms with Gasteiger partial charge in [-0.3, -0.25) is 14.4 Å². The molecule has 10 heteroatoms. The van der Waals surface area contributed by atoms with Crippen molar-refractivity contribution in [3.63, 3.8) is 0 Å². The number of aliphatic hydroxyl groups is 1. The fourth-order valence-electron chi connectivity index (χ4n) is 6.67. The molecule has 2 aliphatic rings. The lowest BCUT2D eigenvalue weighted by Crippen LogP contribution is -2.30. The number of hydrogen-bond donors (Lipinski definition) is 7. The van der Waals surface area contributed by atoms with E-state index in [0.29, 0.717) is 25.7 Å². The lowest BCUT2D eigenvalue weighted by atomic mass is 9.92. The van der Waals surface area contributed by atoms with Gasteiger partial charge in [-0.1, -0.05) is 33.4 Å². The Balaban J connectivity index is 1.72. The van der Waals surface area contributed by atoms with Gasteiger partial charge in [0.05, 0.1) is 0 Å². The molecule has 0 spiro atoms. The van der Waals surface area contributed by atoms with Gasteiger partial charge in [0.2, 0.25) is 5.91 Å². The van der Waals surface area contributed by atoms with Crippen LogP contribution in [0, 0.1) is 31.6 Å². The third-order valence-corrected chi connectivity index (χ3v) is 9.37. The summed E-state index contributed by atoms with van der Waals surface area (Å²) >= 11 is 0. The van der Waals surface area contributed by atoms with Gasteiger partial charge in [-0.15, -0.1) is 0 Å². The number of hydrogen-bond acceptors (Lipinski definition) is 5. The zero-order valence-corrected chi connectivity index (χ0v) is 25.7. The highest BCUT2D eigenvalue weighted by atomic mass is 16.4. The molecule has 1 saturated heterocycles. The SMILES string of the molecule is C=CC1=C(O)N[C@H](Cc2[nH]c(Cc3[nH]c(/C=C4\NC(=O)[C@H](C)[C@H]4CC)c(C)c3CCC(=O)O)c(CCC(=O)O)c2C)[C@@H]1C. The summed E-state index contributed by atoms with van der Waals surface area (Å²) in [4.78, 5) is 42.6. The van der Waals surface area contributed by atoms with E-state index in [9.17, 15) is 29.7 Å². The van der Waals surface area contributed by atoms with Crippen molar-refractivity contribution in [1.29, 1.82) is 0 Å². The number of carboxylic acid groups (broad SMARTS) is 2. The van der Waals surface area contributed by atoms with Crippen molar-refractivity contribution in [3.05, 3.63) is 74.8 Å². The van der Waals surface area contributed by atoms with E-state index in [1.807, 2.05) is 33.8 Å². The van der Waals surface area contributed by atoms with E-state index >= 15 is 0 Å². The number of amides is 1. The summed E-state index contributed by atoms with van der Waals surface area (Å²) in [6.45, 7) is 13.8. The smallest absolute Gasteiger partial charge is 0.303 e. The molecule has 7 N–H and O–H groups in total. The van der Waals surface area contributed by atoms with Gasteiger partial charge >= 0.3 is 11.9 Å². The highest BCUT2D eigenvalue weighted by Gasteiger charge is 2.34. The molecule has 4 atom stereocenters. The van der Waals surface area contributed by atoms with E-state index < -0.39 is 11.9 Å². The van der Waals surface area contributed by atoms with Crippen LogP contribution in [0.1, 0.15) is 85.1 Å². The van der Waals surface area contributed by atoms with Crippen LogP contribution in [0.25, 0.3) is 6.08 Å². The molecule has 0 bridgehead atoms. The largest absolute Gasteiger partial charge is 0.495 e. The van der Waals surface area contributed by atoms with Crippen LogP contribution < -0.4 is 10.6 Å². The predicted molar refractivity (Wildman–Crippen MR) is 164 cm³/mol. The monoisotopic (exact) mass is 592 g/mol. The molecule has 4 heterocycles. The van der Waals surface area contributed by atoms with Crippen molar-refractivity contribution in [2.45, 2.75) is 85.6 Å². The first-order valence-corrected chi connectivity index (χ1v) is 15.0. The molecule has 1 fully saturated rings. The van der Waals surface area contributed by atoms with Gasteiger partial charge in [-0.2, -0.15) is 0 Å². The number of rotatable bonds is 13. The Bertz CT molecular complexity index is 1490.